The molecule has 0 fully saturated rings. The van der Waals surface area contributed by atoms with Crippen molar-refractivity contribution in [2.24, 2.45) is 29.6 Å². The molecular weight excluding hydrogens is 424 g/mol. The van der Waals surface area contributed by atoms with Crippen LogP contribution >= 0.6 is 0 Å². The first kappa shape index (κ1) is 33.8. The molecule has 206 valence electrons. The maximum atomic E-state index is 9.58. The highest BCUT2D eigenvalue weighted by Gasteiger charge is 2.17. The average molecular weight is 487 g/mol. The molecule has 0 heterocycles. The highest BCUT2D eigenvalue weighted by molar-refractivity contribution is 4.68. The van der Waals surface area contributed by atoms with Gasteiger partial charge in [-0.3, -0.25) is 0 Å². The lowest BCUT2D eigenvalue weighted by Gasteiger charge is -2.24. The molecule has 6 atom stereocenters. The summed E-state index contributed by atoms with van der Waals surface area (Å²) in [4.78, 5) is 10.4. The summed E-state index contributed by atoms with van der Waals surface area (Å²) in [5, 5.41) is 9.58. The molecule has 0 amide bonds. The predicted octanol–water partition coefficient (Wildman–Crippen LogP) is 8.95. The van der Waals surface area contributed by atoms with E-state index >= 15 is 0 Å². The van der Waals surface area contributed by atoms with Gasteiger partial charge in [0.25, 0.3) is 0 Å². The summed E-state index contributed by atoms with van der Waals surface area (Å²) < 4.78 is 5.49. The minimum Gasteiger partial charge on any atom is -0.393 e. The van der Waals surface area contributed by atoms with Crippen LogP contribution in [-0.4, -0.2) is 31.2 Å². The van der Waals surface area contributed by atoms with E-state index in [0.717, 1.165) is 49.5 Å². The van der Waals surface area contributed by atoms with E-state index in [1.165, 1.54) is 70.6 Å². The molecule has 0 aromatic heterocycles. The first-order chi connectivity index (χ1) is 16.2. The van der Waals surface area contributed by atoms with Crippen LogP contribution in [0.4, 0.5) is 0 Å². The van der Waals surface area contributed by atoms with Crippen molar-refractivity contribution in [3.05, 3.63) is 0 Å². The van der Waals surface area contributed by atoms with Gasteiger partial charge in [-0.05, 0) is 87.9 Å². The van der Waals surface area contributed by atoms with Crippen LogP contribution in [0.1, 0.15) is 138 Å². The highest BCUT2D eigenvalue weighted by atomic mass is 17.2. The maximum Gasteiger partial charge on any atom is 0.180 e. The fourth-order valence-corrected chi connectivity index (χ4v) is 5.67. The number of aliphatic hydroxyl groups excluding tert-OH is 1. The first-order valence-electron chi connectivity index (χ1n) is 14.7. The van der Waals surface area contributed by atoms with Crippen LogP contribution in [0, 0.1) is 29.6 Å². The van der Waals surface area contributed by atoms with Crippen LogP contribution in [0.15, 0.2) is 0 Å². The van der Waals surface area contributed by atoms with Gasteiger partial charge in [-0.15, -0.1) is 0 Å². The van der Waals surface area contributed by atoms with Gasteiger partial charge >= 0.3 is 0 Å². The molecule has 0 aromatic rings. The minimum absolute atomic E-state index is 0.175. The zero-order valence-electron chi connectivity index (χ0n) is 24.2. The van der Waals surface area contributed by atoms with Crippen LogP contribution in [0.25, 0.3) is 0 Å². The monoisotopic (exact) mass is 486 g/mol. The second-order valence-corrected chi connectivity index (χ2v) is 11.8. The molecule has 1 N–H and O–H groups in total. The van der Waals surface area contributed by atoms with Crippen molar-refractivity contribution in [2.75, 3.05) is 20.0 Å². The Hall–Kier alpha value is -0.160. The van der Waals surface area contributed by atoms with Crippen molar-refractivity contribution in [2.45, 2.75) is 144 Å². The summed E-state index contributed by atoms with van der Waals surface area (Å²) in [6.45, 7) is 17.7. The molecule has 0 aliphatic heterocycles. The Morgan fingerprint density at radius 2 is 1.03 bits per heavy atom. The Morgan fingerprint density at radius 3 is 1.59 bits per heavy atom. The maximum absolute atomic E-state index is 9.58. The minimum atomic E-state index is -0.175. The van der Waals surface area contributed by atoms with Gasteiger partial charge in [-0.1, -0.05) is 80.1 Å². The summed E-state index contributed by atoms with van der Waals surface area (Å²) in [6, 6.07) is 0. The molecule has 4 nitrogen and oxygen atoms in total. The summed E-state index contributed by atoms with van der Waals surface area (Å²) in [7, 11) is 0. The summed E-state index contributed by atoms with van der Waals surface area (Å²) >= 11 is 0. The molecule has 0 saturated heterocycles. The van der Waals surface area contributed by atoms with Crippen molar-refractivity contribution in [1.82, 2.24) is 0 Å². The molecule has 0 spiro atoms. The zero-order chi connectivity index (χ0) is 25.6. The van der Waals surface area contributed by atoms with Crippen LogP contribution in [0.2, 0.25) is 0 Å². The molecule has 0 aliphatic carbocycles. The summed E-state index contributed by atoms with van der Waals surface area (Å²) in [5.41, 5.74) is 0. The third-order valence-corrected chi connectivity index (χ3v) is 6.99. The third kappa shape index (κ3) is 23.6. The lowest BCUT2D eigenvalue weighted by Crippen LogP contribution is -2.14. The molecule has 0 saturated carbocycles. The van der Waals surface area contributed by atoms with Crippen LogP contribution in [0.3, 0.4) is 0 Å². The summed E-state index contributed by atoms with van der Waals surface area (Å²) in [5.74, 6) is 3.62. The molecule has 0 radical (unpaired) electrons. The van der Waals surface area contributed by atoms with Gasteiger partial charge in [0.05, 0.1) is 12.7 Å². The van der Waals surface area contributed by atoms with E-state index in [1.807, 2.05) is 6.92 Å². The van der Waals surface area contributed by atoms with Gasteiger partial charge < -0.3 is 9.84 Å². The number of hydrogen-bond acceptors (Lipinski definition) is 4. The van der Waals surface area contributed by atoms with Crippen molar-refractivity contribution < 1.29 is 19.6 Å². The predicted molar refractivity (Wildman–Crippen MR) is 146 cm³/mol. The Morgan fingerprint density at radius 1 is 0.529 bits per heavy atom. The molecule has 6 unspecified atom stereocenters. The highest BCUT2D eigenvalue weighted by Crippen LogP contribution is 2.28. The van der Waals surface area contributed by atoms with E-state index < -0.39 is 0 Å². The number of aliphatic hydroxyl groups is 1. The van der Waals surface area contributed by atoms with Crippen molar-refractivity contribution in [1.29, 1.82) is 0 Å². The molecular formula is C30H62O4. The Balaban J connectivity index is 3.59. The molecule has 0 bridgehead atoms. The van der Waals surface area contributed by atoms with E-state index in [1.54, 1.807) is 0 Å². The SMILES string of the molecule is CCCCCCCCCOCOOCCCC(C)CC(C)CC(C)CC(C)CC(C)CC(C)O. The number of unbranched alkanes of at least 4 members (excludes halogenated alkanes) is 6. The molecule has 0 rings (SSSR count). The van der Waals surface area contributed by atoms with Crippen molar-refractivity contribution in [3.8, 4) is 0 Å². The largest absolute Gasteiger partial charge is 0.393 e. The van der Waals surface area contributed by atoms with Crippen LogP contribution < -0.4 is 0 Å². The van der Waals surface area contributed by atoms with Gasteiger partial charge in [0.2, 0.25) is 0 Å². The smallest absolute Gasteiger partial charge is 0.180 e. The van der Waals surface area contributed by atoms with Gasteiger partial charge in [-0.2, -0.15) is 0 Å². The lowest BCUT2D eigenvalue weighted by molar-refractivity contribution is -0.336. The van der Waals surface area contributed by atoms with E-state index in [9.17, 15) is 5.11 Å². The van der Waals surface area contributed by atoms with Gasteiger partial charge in [0.15, 0.2) is 6.79 Å². The first-order valence-corrected chi connectivity index (χ1v) is 14.7. The molecule has 0 aliphatic rings. The van der Waals surface area contributed by atoms with Crippen molar-refractivity contribution in [3.63, 3.8) is 0 Å². The number of hydrogen-bond donors (Lipinski definition) is 1. The van der Waals surface area contributed by atoms with Crippen LogP contribution in [0.5, 0.6) is 0 Å². The Bertz CT molecular complexity index is 415. The van der Waals surface area contributed by atoms with Crippen molar-refractivity contribution >= 4 is 0 Å². The van der Waals surface area contributed by atoms with E-state index in [-0.39, 0.29) is 12.9 Å². The van der Waals surface area contributed by atoms with E-state index in [4.69, 9.17) is 14.5 Å². The normalized spacial score (nSPS) is 17.3. The van der Waals surface area contributed by atoms with Gasteiger partial charge in [0, 0.05) is 6.61 Å². The van der Waals surface area contributed by atoms with Gasteiger partial charge in [-0.25, -0.2) is 9.78 Å². The van der Waals surface area contributed by atoms with E-state index in [2.05, 4.69) is 41.5 Å². The Labute approximate surface area is 213 Å². The summed E-state index contributed by atoms with van der Waals surface area (Å²) in [6.07, 6.45) is 17.2. The topological polar surface area (TPSA) is 47.9 Å². The van der Waals surface area contributed by atoms with E-state index in [0.29, 0.717) is 12.5 Å². The molecule has 0 aromatic carbocycles. The fourth-order valence-electron chi connectivity index (χ4n) is 5.67. The lowest BCUT2D eigenvalue weighted by atomic mass is 9.82. The molecule has 34 heavy (non-hydrogen) atoms. The number of ether oxygens (including phenoxy) is 1. The quantitative estimate of drug-likeness (QED) is 0.0605. The van der Waals surface area contributed by atoms with Gasteiger partial charge in [0.1, 0.15) is 0 Å². The zero-order valence-corrected chi connectivity index (χ0v) is 24.2. The number of rotatable bonds is 25. The second-order valence-electron chi connectivity index (χ2n) is 11.8. The molecule has 4 heteroatoms. The third-order valence-electron chi connectivity index (χ3n) is 6.99. The van der Waals surface area contributed by atoms with Crippen LogP contribution in [-0.2, 0) is 14.5 Å². The average Bonchev–Trinajstić information content (AvgIpc) is 2.72. The standard InChI is InChI=1S/C30H62O4/c1-8-9-10-11-12-13-14-17-32-24-34-33-18-15-16-25(2)19-26(3)20-27(4)21-28(5)22-29(6)23-30(7)31/h25-31H,8-24H2,1-7H3. The Kier molecular flexibility index (Phi) is 23.1. The fraction of sp³-hybridized carbons (Fsp3) is 1.00. The second kappa shape index (κ2) is 23.3.